The van der Waals surface area contributed by atoms with Crippen molar-refractivity contribution in [2.24, 2.45) is 0 Å². The molecule has 0 atom stereocenters. The number of fused-ring (bicyclic) bond motifs is 1. The Bertz CT molecular complexity index is 841. The van der Waals surface area contributed by atoms with E-state index in [1.54, 1.807) is 17.5 Å². The Morgan fingerprint density at radius 3 is 2.92 bits per heavy atom. The Balaban J connectivity index is 1.56. The molecule has 3 aromatic heterocycles. The number of aromatic amines is 1. The quantitative estimate of drug-likeness (QED) is 0.592. The van der Waals surface area contributed by atoms with Gasteiger partial charge in [0, 0.05) is 45.0 Å². The van der Waals surface area contributed by atoms with Gasteiger partial charge in [-0.1, -0.05) is 0 Å². The van der Waals surface area contributed by atoms with E-state index in [0.717, 1.165) is 73.5 Å². The fourth-order valence-electron chi connectivity index (χ4n) is 3.12. The zero-order valence-corrected chi connectivity index (χ0v) is 15.7. The van der Waals surface area contributed by atoms with Crippen LogP contribution in [0.25, 0.3) is 20.8 Å². The van der Waals surface area contributed by atoms with E-state index in [9.17, 15) is 0 Å². The zero-order valence-electron chi connectivity index (χ0n) is 14.9. The molecule has 26 heavy (non-hydrogen) atoms. The first kappa shape index (κ1) is 17.3. The lowest BCUT2D eigenvalue weighted by atomic mass is 10.3. The number of rotatable bonds is 7. The molecule has 0 aliphatic carbocycles. The third kappa shape index (κ3) is 3.82. The van der Waals surface area contributed by atoms with Crippen LogP contribution >= 0.6 is 11.3 Å². The van der Waals surface area contributed by atoms with Crippen molar-refractivity contribution in [3.05, 3.63) is 24.4 Å². The summed E-state index contributed by atoms with van der Waals surface area (Å²) in [5.41, 5.74) is 3.17. The lowest BCUT2D eigenvalue weighted by molar-refractivity contribution is 0.0398. The molecule has 1 aliphatic heterocycles. The van der Waals surface area contributed by atoms with Crippen LogP contribution in [0.5, 0.6) is 0 Å². The molecule has 0 unspecified atom stereocenters. The lowest BCUT2D eigenvalue weighted by Gasteiger charge is -2.26. The van der Waals surface area contributed by atoms with Crippen LogP contribution in [0.1, 0.15) is 6.92 Å². The number of morpholine rings is 1. The van der Waals surface area contributed by atoms with Crippen molar-refractivity contribution < 1.29 is 4.74 Å². The summed E-state index contributed by atoms with van der Waals surface area (Å²) in [4.78, 5) is 8.34. The fourth-order valence-corrected chi connectivity index (χ4v) is 4.19. The van der Waals surface area contributed by atoms with Gasteiger partial charge in [0.2, 0.25) is 0 Å². The van der Waals surface area contributed by atoms with E-state index in [1.807, 2.05) is 6.07 Å². The first-order valence-electron chi connectivity index (χ1n) is 9.05. The summed E-state index contributed by atoms with van der Waals surface area (Å²) in [6.45, 7) is 8.55. The summed E-state index contributed by atoms with van der Waals surface area (Å²) in [7, 11) is 0. The SMILES string of the molecule is CCNc1cc(NCCN2CCOCC2)c2sc(-c3ccn[nH]3)cc2n1. The van der Waals surface area contributed by atoms with Crippen LogP contribution in [0.2, 0.25) is 0 Å². The number of hydrogen-bond acceptors (Lipinski definition) is 7. The maximum atomic E-state index is 5.42. The number of pyridine rings is 1. The summed E-state index contributed by atoms with van der Waals surface area (Å²) >= 11 is 1.74. The molecule has 1 saturated heterocycles. The van der Waals surface area contributed by atoms with E-state index in [1.165, 1.54) is 4.70 Å². The number of hydrogen-bond donors (Lipinski definition) is 3. The second-order valence-corrected chi connectivity index (χ2v) is 7.31. The maximum Gasteiger partial charge on any atom is 0.128 e. The molecule has 138 valence electrons. The molecular weight excluding hydrogens is 348 g/mol. The molecule has 1 fully saturated rings. The van der Waals surface area contributed by atoms with Gasteiger partial charge in [0.25, 0.3) is 0 Å². The van der Waals surface area contributed by atoms with Crippen molar-refractivity contribution in [2.45, 2.75) is 6.92 Å². The third-order valence-corrected chi connectivity index (χ3v) is 5.64. The van der Waals surface area contributed by atoms with Crippen LogP contribution in [0.4, 0.5) is 11.5 Å². The number of thiophene rings is 1. The van der Waals surface area contributed by atoms with Gasteiger partial charge in [-0.2, -0.15) is 5.10 Å². The number of ether oxygens (including phenoxy) is 1. The Labute approximate surface area is 156 Å². The summed E-state index contributed by atoms with van der Waals surface area (Å²) in [6.07, 6.45) is 1.78. The largest absolute Gasteiger partial charge is 0.382 e. The van der Waals surface area contributed by atoms with Crippen LogP contribution < -0.4 is 10.6 Å². The molecule has 4 rings (SSSR count). The summed E-state index contributed by atoms with van der Waals surface area (Å²) in [6, 6.07) is 6.22. The summed E-state index contributed by atoms with van der Waals surface area (Å²) in [5, 5.41) is 14.0. The predicted molar refractivity (Wildman–Crippen MR) is 107 cm³/mol. The molecule has 3 N–H and O–H groups in total. The van der Waals surface area contributed by atoms with Crippen LogP contribution in [0.15, 0.2) is 24.4 Å². The second kappa shape index (κ2) is 8.03. The van der Waals surface area contributed by atoms with Crippen molar-refractivity contribution in [3.8, 4) is 10.6 Å². The number of nitrogens with one attached hydrogen (secondary N) is 3. The summed E-state index contributed by atoms with van der Waals surface area (Å²) < 4.78 is 6.60. The number of anilines is 2. The molecule has 0 bridgehead atoms. The van der Waals surface area contributed by atoms with Gasteiger partial charge in [-0.25, -0.2) is 4.98 Å². The molecule has 4 heterocycles. The topological polar surface area (TPSA) is 78.1 Å². The standard InChI is InChI=1S/C18H24N6OS/c1-2-19-17-12-14(20-5-6-24-7-9-25-10-8-24)18-15(22-17)11-16(26-18)13-3-4-21-23-13/h3-4,11-12H,2,5-10H2,1H3,(H,21,23)(H2,19,20,22). The average Bonchev–Trinajstić information content (AvgIpc) is 3.32. The third-order valence-electron chi connectivity index (χ3n) is 4.45. The van der Waals surface area contributed by atoms with E-state index in [2.05, 4.69) is 44.8 Å². The highest BCUT2D eigenvalue weighted by atomic mass is 32.1. The van der Waals surface area contributed by atoms with Gasteiger partial charge in [0.1, 0.15) is 5.82 Å². The van der Waals surface area contributed by atoms with Crippen molar-refractivity contribution in [2.75, 3.05) is 56.6 Å². The van der Waals surface area contributed by atoms with Crippen molar-refractivity contribution in [1.29, 1.82) is 0 Å². The van der Waals surface area contributed by atoms with Gasteiger partial charge in [0.15, 0.2) is 0 Å². The van der Waals surface area contributed by atoms with Crippen LogP contribution in [0, 0.1) is 0 Å². The first-order chi connectivity index (χ1) is 12.8. The van der Waals surface area contributed by atoms with Crippen LogP contribution in [-0.2, 0) is 4.74 Å². The minimum Gasteiger partial charge on any atom is -0.382 e. The Morgan fingerprint density at radius 1 is 1.27 bits per heavy atom. The van der Waals surface area contributed by atoms with Gasteiger partial charge >= 0.3 is 0 Å². The highest BCUT2D eigenvalue weighted by molar-refractivity contribution is 7.22. The second-order valence-electron chi connectivity index (χ2n) is 6.26. The van der Waals surface area contributed by atoms with E-state index < -0.39 is 0 Å². The number of aromatic nitrogens is 3. The molecule has 0 saturated carbocycles. The molecule has 0 spiro atoms. The maximum absolute atomic E-state index is 5.42. The fraction of sp³-hybridized carbons (Fsp3) is 0.444. The molecular formula is C18H24N6OS. The molecule has 0 amide bonds. The highest BCUT2D eigenvalue weighted by Gasteiger charge is 2.13. The Kier molecular flexibility index (Phi) is 5.33. The van der Waals surface area contributed by atoms with E-state index in [-0.39, 0.29) is 0 Å². The molecule has 7 nitrogen and oxygen atoms in total. The van der Waals surface area contributed by atoms with Crippen molar-refractivity contribution in [3.63, 3.8) is 0 Å². The minimum atomic E-state index is 0.836. The monoisotopic (exact) mass is 372 g/mol. The number of nitrogens with zero attached hydrogens (tertiary/aromatic N) is 3. The molecule has 3 aromatic rings. The zero-order chi connectivity index (χ0) is 17.8. The molecule has 0 radical (unpaired) electrons. The van der Waals surface area contributed by atoms with E-state index >= 15 is 0 Å². The Morgan fingerprint density at radius 2 is 2.15 bits per heavy atom. The van der Waals surface area contributed by atoms with Gasteiger partial charge in [0.05, 0.1) is 39.7 Å². The predicted octanol–water partition coefficient (Wildman–Crippen LogP) is 2.86. The van der Waals surface area contributed by atoms with Gasteiger partial charge < -0.3 is 15.4 Å². The molecule has 0 aromatic carbocycles. The highest BCUT2D eigenvalue weighted by Crippen LogP contribution is 2.37. The first-order valence-corrected chi connectivity index (χ1v) is 9.87. The lowest BCUT2D eigenvalue weighted by Crippen LogP contribution is -2.39. The van der Waals surface area contributed by atoms with E-state index in [4.69, 9.17) is 9.72 Å². The number of H-pyrrole nitrogens is 1. The van der Waals surface area contributed by atoms with Gasteiger partial charge in [-0.15, -0.1) is 11.3 Å². The van der Waals surface area contributed by atoms with Gasteiger partial charge in [-0.05, 0) is 19.1 Å². The molecule has 1 aliphatic rings. The summed E-state index contributed by atoms with van der Waals surface area (Å²) in [5.74, 6) is 0.905. The minimum absolute atomic E-state index is 0.836. The van der Waals surface area contributed by atoms with Crippen molar-refractivity contribution in [1.82, 2.24) is 20.1 Å². The molecule has 8 heteroatoms. The normalized spacial score (nSPS) is 15.4. The van der Waals surface area contributed by atoms with Crippen LogP contribution in [0.3, 0.4) is 0 Å². The van der Waals surface area contributed by atoms with Crippen LogP contribution in [-0.4, -0.2) is 66.0 Å². The smallest absolute Gasteiger partial charge is 0.128 e. The Hall–Kier alpha value is -2.16. The van der Waals surface area contributed by atoms with E-state index in [0.29, 0.717) is 0 Å². The van der Waals surface area contributed by atoms with Crippen molar-refractivity contribution >= 4 is 33.1 Å². The van der Waals surface area contributed by atoms with Gasteiger partial charge in [-0.3, -0.25) is 10.00 Å². The average molecular weight is 372 g/mol.